The van der Waals surface area contributed by atoms with Gasteiger partial charge in [-0.15, -0.1) is 0 Å². The van der Waals surface area contributed by atoms with Crippen molar-refractivity contribution in [2.24, 2.45) is 0 Å². The van der Waals surface area contributed by atoms with Gasteiger partial charge in [0.15, 0.2) is 0 Å². The molecule has 2 rings (SSSR count). The summed E-state index contributed by atoms with van der Waals surface area (Å²) >= 11 is 6.33. The Kier molecular flexibility index (Phi) is 2.57. The summed E-state index contributed by atoms with van der Waals surface area (Å²) in [6.07, 6.45) is 0. The van der Waals surface area contributed by atoms with Crippen molar-refractivity contribution in [3.63, 3.8) is 0 Å². The Balaban J connectivity index is 2.98. The highest BCUT2D eigenvalue weighted by molar-refractivity contribution is 6.37. The number of fused-ring (bicyclic) bond motifs is 1. The standard InChI is InChI=1S/C13H14ClN/c1-8-9(2)13(15-3)11-7-5-4-6-10(11)12(8)14/h4-7,15H,1-3H3. The molecule has 0 bridgehead atoms. The predicted molar refractivity (Wildman–Crippen MR) is 68.0 cm³/mol. The van der Waals surface area contributed by atoms with Gasteiger partial charge in [0.25, 0.3) is 0 Å². The zero-order chi connectivity index (χ0) is 11.0. The lowest BCUT2D eigenvalue weighted by Gasteiger charge is -2.14. The van der Waals surface area contributed by atoms with Crippen LogP contribution >= 0.6 is 11.6 Å². The molecule has 0 aromatic heterocycles. The molecule has 78 valence electrons. The molecule has 0 spiro atoms. The van der Waals surface area contributed by atoms with E-state index in [4.69, 9.17) is 11.6 Å². The summed E-state index contributed by atoms with van der Waals surface area (Å²) in [5.41, 5.74) is 3.55. The zero-order valence-electron chi connectivity index (χ0n) is 9.19. The van der Waals surface area contributed by atoms with Crippen molar-refractivity contribution in [3.05, 3.63) is 40.4 Å². The molecule has 1 N–H and O–H groups in total. The summed E-state index contributed by atoms with van der Waals surface area (Å²) in [7, 11) is 1.95. The predicted octanol–water partition coefficient (Wildman–Crippen LogP) is 4.15. The molecule has 0 radical (unpaired) electrons. The molecule has 2 heteroatoms. The normalized spacial score (nSPS) is 10.7. The van der Waals surface area contributed by atoms with Crippen LogP contribution in [-0.2, 0) is 0 Å². The molecule has 1 nitrogen and oxygen atoms in total. The van der Waals surface area contributed by atoms with Crippen LogP contribution in [-0.4, -0.2) is 7.05 Å². The number of benzene rings is 2. The van der Waals surface area contributed by atoms with E-state index >= 15 is 0 Å². The molecule has 0 fully saturated rings. The van der Waals surface area contributed by atoms with Gasteiger partial charge >= 0.3 is 0 Å². The molecule has 0 aliphatic heterocycles. The summed E-state index contributed by atoms with van der Waals surface area (Å²) < 4.78 is 0. The second-order valence-electron chi connectivity index (χ2n) is 3.73. The third-order valence-electron chi connectivity index (χ3n) is 2.95. The molecule has 0 saturated carbocycles. The minimum Gasteiger partial charge on any atom is -0.387 e. The van der Waals surface area contributed by atoms with Crippen LogP contribution in [0.5, 0.6) is 0 Å². The first kappa shape index (κ1) is 10.3. The van der Waals surface area contributed by atoms with Crippen LogP contribution < -0.4 is 5.32 Å². The maximum absolute atomic E-state index is 6.33. The van der Waals surface area contributed by atoms with E-state index in [2.05, 4.69) is 31.3 Å². The topological polar surface area (TPSA) is 12.0 Å². The van der Waals surface area contributed by atoms with Crippen LogP contribution in [0, 0.1) is 13.8 Å². The monoisotopic (exact) mass is 219 g/mol. The van der Waals surface area contributed by atoms with Crippen molar-refractivity contribution < 1.29 is 0 Å². The quantitative estimate of drug-likeness (QED) is 0.760. The van der Waals surface area contributed by atoms with Gasteiger partial charge in [-0.2, -0.15) is 0 Å². The fraction of sp³-hybridized carbons (Fsp3) is 0.231. The van der Waals surface area contributed by atoms with E-state index in [1.807, 2.05) is 19.2 Å². The summed E-state index contributed by atoms with van der Waals surface area (Å²) in [5.74, 6) is 0. The van der Waals surface area contributed by atoms with Crippen LogP contribution in [0.3, 0.4) is 0 Å². The minimum absolute atomic E-state index is 0.863. The fourth-order valence-corrected chi connectivity index (χ4v) is 2.28. The maximum atomic E-state index is 6.33. The van der Waals surface area contributed by atoms with E-state index in [-0.39, 0.29) is 0 Å². The Hall–Kier alpha value is -1.21. The van der Waals surface area contributed by atoms with Crippen molar-refractivity contribution in [3.8, 4) is 0 Å². The Morgan fingerprint density at radius 1 is 1.00 bits per heavy atom. The Labute approximate surface area is 95.1 Å². The number of halogens is 1. The van der Waals surface area contributed by atoms with Crippen LogP contribution in [0.25, 0.3) is 10.8 Å². The molecule has 0 aliphatic carbocycles. The first-order valence-electron chi connectivity index (χ1n) is 5.02. The molecule has 0 aliphatic rings. The highest BCUT2D eigenvalue weighted by Crippen LogP contribution is 2.36. The van der Waals surface area contributed by atoms with E-state index in [9.17, 15) is 0 Å². The number of nitrogens with one attached hydrogen (secondary N) is 1. The van der Waals surface area contributed by atoms with Crippen molar-refractivity contribution in [2.75, 3.05) is 12.4 Å². The molecule has 2 aromatic rings. The summed E-state index contributed by atoms with van der Waals surface area (Å²) in [6.45, 7) is 4.16. The van der Waals surface area contributed by atoms with Gasteiger partial charge in [-0.25, -0.2) is 0 Å². The molecule has 0 unspecified atom stereocenters. The third kappa shape index (κ3) is 1.47. The van der Waals surface area contributed by atoms with E-state index in [1.54, 1.807) is 0 Å². The molecule has 2 aromatic carbocycles. The molecule has 0 saturated heterocycles. The number of anilines is 1. The Morgan fingerprint density at radius 2 is 1.60 bits per heavy atom. The lowest BCUT2D eigenvalue weighted by Crippen LogP contribution is -1.96. The minimum atomic E-state index is 0.863. The highest BCUT2D eigenvalue weighted by atomic mass is 35.5. The van der Waals surface area contributed by atoms with E-state index in [1.165, 1.54) is 16.6 Å². The van der Waals surface area contributed by atoms with Gasteiger partial charge in [0, 0.05) is 23.5 Å². The summed E-state index contributed by atoms with van der Waals surface area (Å²) in [6, 6.07) is 8.21. The third-order valence-corrected chi connectivity index (χ3v) is 3.44. The molecule has 0 atom stereocenters. The highest BCUT2D eigenvalue weighted by Gasteiger charge is 2.10. The largest absolute Gasteiger partial charge is 0.387 e. The van der Waals surface area contributed by atoms with Crippen LogP contribution in [0.1, 0.15) is 11.1 Å². The molecular weight excluding hydrogens is 206 g/mol. The number of hydrogen-bond acceptors (Lipinski definition) is 1. The second kappa shape index (κ2) is 3.74. The van der Waals surface area contributed by atoms with Gasteiger partial charge in [-0.05, 0) is 25.0 Å². The van der Waals surface area contributed by atoms with Crippen molar-refractivity contribution >= 4 is 28.1 Å². The van der Waals surface area contributed by atoms with Crippen molar-refractivity contribution in [1.29, 1.82) is 0 Å². The van der Waals surface area contributed by atoms with Gasteiger partial charge in [-0.3, -0.25) is 0 Å². The first-order chi connectivity index (χ1) is 7.16. The Morgan fingerprint density at radius 3 is 2.20 bits per heavy atom. The molecule has 15 heavy (non-hydrogen) atoms. The molecule has 0 heterocycles. The lowest BCUT2D eigenvalue weighted by molar-refractivity contribution is 1.34. The average molecular weight is 220 g/mol. The zero-order valence-corrected chi connectivity index (χ0v) is 9.94. The summed E-state index contributed by atoms with van der Waals surface area (Å²) in [4.78, 5) is 0. The van der Waals surface area contributed by atoms with Gasteiger partial charge in [0.2, 0.25) is 0 Å². The molecular formula is C13H14ClN. The van der Waals surface area contributed by atoms with E-state index in [0.717, 1.165) is 16.0 Å². The number of hydrogen-bond donors (Lipinski definition) is 1. The summed E-state index contributed by atoms with van der Waals surface area (Å²) in [5, 5.41) is 6.42. The average Bonchev–Trinajstić information content (AvgIpc) is 2.27. The smallest absolute Gasteiger partial charge is 0.0517 e. The van der Waals surface area contributed by atoms with E-state index in [0.29, 0.717) is 0 Å². The van der Waals surface area contributed by atoms with Gasteiger partial charge in [0.1, 0.15) is 0 Å². The Bertz CT molecular complexity index is 517. The van der Waals surface area contributed by atoms with Gasteiger partial charge in [0.05, 0.1) is 5.02 Å². The lowest BCUT2D eigenvalue weighted by atomic mass is 10.00. The van der Waals surface area contributed by atoms with Crippen LogP contribution in [0.2, 0.25) is 5.02 Å². The van der Waals surface area contributed by atoms with Crippen molar-refractivity contribution in [1.82, 2.24) is 0 Å². The first-order valence-corrected chi connectivity index (χ1v) is 5.39. The van der Waals surface area contributed by atoms with Crippen molar-refractivity contribution in [2.45, 2.75) is 13.8 Å². The number of rotatable bonds is 1. The SMILES string of the molecule is CNc1c(C)c(C)c(Cl)c2ccccc12. The van der Waals surface area contributed by atoms with Gasteiger partial charge in [-0.1, -0.05) is 35.9 Å². The van der Waals surface area contributed by atoms with Crippen LogP contribution in [0.4, 0.5) is 5.69 Å². The molecule has 0 amide bonds. The van der Waals surface area contributed by atoms with Gasteiger partial charge < -0.3 is 5.32 Å². The van der Waals surface area contributed by atoms with E-state index < -0.39 is 0 Å². The second-order valence-corrected chi connectivity index (χ2v) is 4.11. The van der Waals surface area contributed by atoms with Crippen LogP contribution in [0.15, 0.2) is 24.3 Å². The maximum Gasteiger partial charge on any atom is 0.0517 e. The fourth-order valence-electron chi connectivity index (χ4n) is 1.97.